The largest absolute Gasteiger partial charge is 0.486 e. The summed E-state index contributed by atoms with van der Waals surface area (Å²) in [6.45, 7) is -0.0650. The molecule has 0 saturated heterocycles. The predicted molar refractivity (Wildman–Crippen MR) is 67.2 cm³/mol. The fourth-order valence-corrected chi connectivity index (χ4v) is 2.42. The number of hydrogen-bond acceptors (Lipinski definition) is 5. The first-order chi connectivity index (χ1) is 10.3. The quantitative estimate of drug-likeness (QED) is 0.660. The number of carboxylic acids is 1. The van der Waals surface area contributed by atoms with Crippen molar-refractivity contribution in [2.24, 2.45) is 0 Å². The van der Waals surface area contributed by atoms with Crippen molar-refractivity contribution >= 4 is 22.6 Å². The molecule has 0 fully saturated rings. The average molecular weight is 312 g/mol. The number of nitrogens with zero attached hydrogens (tertiary/aromatic N) is 2. The molecule has 0 unspecified atom stereocenters. The van der Waals surface area contributed by atoms with Crippen LogP contribution in [-0.4, -0.2) is 27.2 Å². The van der Waals surface area contributed by atoms with Crippen LogP contribution in [0.1, 0.15) is 10.4 Å². The normalized spacial score (nSPS) is 13.0. The number of aromatic nitrogens is 1. The fraction of sp³-hybridized carbons (Fsp3) is 0.167. The molecule has 0 bridgehead atoms. The molecule has 22 heavy (non-hydrogen) atoms. The summed E-state index contributed by atoms with van der Waals surface area (Å²) in [5.41, 5.74) is -3.76. The molecule has 0 spiro atoms. The van der Waals surface area contributed by atoms with E-state index < -0.39 is 50.3 Å². The lowest BCUT2D eigenvalue weighted by atomic mass is 10.1. The van der Waals surface area contributed by atoms with E-state index in [1.165, 1.54) is 0 Å². The average Bonchev–Trinajstić information content (AvgIpc) is 2.46. The molecule has 1 aliphatic heterocycles. The Morgan fingerprint density at radius 3 is 2.68 bits per heavy atom. The molecule has 1 aromatic carbocycles. The number of halogens is 2. The Morgan fingerprint density at radius 2 is 2.09 bits per heavy atom. The van der Waals surface area contributed by atoms with E-state index >= 15 is 0 Å². The van der Waals surface area contributed by atoms with Gasteiger partial charge in [0.2, 0.25) is 17.1 Å². The smallest absolute Gasteiger partial charge is 0.341 e. The van der Waals surface area contributed by atoms with Crippen LogP contribution in [0.2, 0.25) is 0 Å². The number of carboxylic acid groups (broad SMARTS) is 1. The summed E-state index contributed by atoms with van der Waals surface area (Å²) in [5.74, 6) is -5.71. The van der Waals surface area contributed by atoms with Gasteiger partial charge < -0.3 is 14.4 Å². The Kier molecular flexibility index (Phi) is 2.83. The van der Waals surface area contributed by atoms with E-state index in [2.05, 4.69) is 0 Å². The Bertz CT molecular complexity index is 920. The SMILES string of the molecule is O=C(O)c1cn2c3c(c(F)c(F)c([N+](=O)[O-])c3c1=O)OCC2. The van der Waals surface area contributed by atoms with Crippen LogP contribution in [0, 0.1) is 21.7 Å². The topological polar surface area (TPSA) is 112 Å². The maximum absolute atomic E-state index is 13.9. The van der Waals surface area contributed by atoms with E-state index in [9.17, 15) is 28.5 Å². The van der Waals surface area contributed by atoms with Crippen LogP contribution in [0.15, 0.2) is 11.0 Å². The van der Waals surface area contributed by atoms with Crippen molar-refractivity contribution in [2.75, 3.05) is 6.61 Å². The van der Waals surface area contributed by atoms with Crippen molar-refractivity contribution in [3.63, 3.8) is 0 Å². The minimum atomic E-state index is -1.86. The van der Waals surface area contributed by atoms with Gasteiger partial charge in [0.15, 0.2) is 5.75 Å². The number of pyridine rings is 1. The number of nitro benzene ring substituents is 1. The standard InChI is InChI=1S/C12H6F2N2O6/c13-6-7(14)11-9-5(8(6)16(20)21)10(17)4(12(18)19)3-15(9)1-2-22-11/h3H,1-2H2,(H,18,19). The third kappa shape index (κ3) is 1.66. The van der Waals surface area contributed by atoms with Crippen LogP contribution in [0.5, 0.6) is 5.75 Å². The lowest BCUT2D eigenvalue weighted by Gasteiger charge is -2.21. The number of nitro groups is 1. The van der Waals surface area contributed by atoms with Gasteiger partial charge >= 0.3 is 11.7 Å². The summed E-state index contributed by atoms with van der Waals surface area (Å²) in [6, 6.07) is 0. The van der Waals surface area contributed by atoms with E-state index in [4.69, 9.17) is 9.84 Å². The fourth-order valence-electron chi connectivity index (χ4n) is 2.42. The van der Waals surface area contributed by atoms with Gasteiger partial charge in [-0.05, 0) is 0 Å². The molecule has 0 atom stereocenters. The second-order valence-corrected chi connectivity index (χ2v) is 4.51. The molecule has 8 nitrogen and oxygen atoms in total. The van der Waals surface area contributed by atoms with E-state index in [1.54, 1.807) is 0 Å². The third-order valence-electron chi connectivity index (χ3n) is 3.32. The highest BCUT2D eigenvalue weighted by Gasteiger charge is 2.34. The van der Waals surface area contributed by atoms with Gasteiger partial charge in [-0.1, -0.05) is 0 Å². The van der Waals surface area contributed by atoms with Crippen molar-refractivity contribution in [1.29, 1.82) is 0 Å². The molecule has 1 aromatic heterocycles. The lowest BCUT2D eigenvalue weighted by molar-refractivity contribution is -0.386. The van der Waals surface area contributed by atoms with E-state index in [-0.39, 0.29) is 18.7 Å². The Balaban J connectivity index is 2.67. The van der Waals surface area contributed by atoms with Gasteiger partial charge in [-0.15, -0.1) is 0 Å². The summed E-state index contributed by atoms with van der Waals surface area (Å²) in [4.78, 5) is 33.0. The minimum absolute atomic E-state index is 0.0340. The number of benzene rings is 1. The lowest BCUT2D eigenvalue weighted by Crippen LogP contribution is -2.25. The zero-order chi connectivity index (χ0) is 16.2. The highest BCUT2D eigenvalue weighted by molar-refractivity contribution is 5.98. The zero-order valence-electron chi connectivity index (χ0n) is 10.6. The maximum Gasteiger partial charge on any atom is 0.341 e. The summed E-state index contributed by atoms with van der Waals surface area (Å²) in [5, 5.41) is 19.2. The van der Waals surface area contributed by atoms with Crippen LogP contribution in [0.25, 0.3) is 10.9 Å². The molecular formula is C12H6F2N2O6. The molecule has 0 saturated carbocycles. The van der Waals surface area contributed by atoms with E-state index in [1.807, 2.05) is 0 Å². The molecule has 0 aliphatic carbocycles. The van der Waals surface area contributed by atoms with Crippen LogP contribution in [0.4, 0.5) is 14.5 Å². The van der Waals surface area contributed by atoms with Gasteiger partial charge in [-0.2, -0.15) is 8.78 Å². The Labute approximate surface area is 119 Å². The monoisotopic (exact) mass is 312 g/mol. The van der Waals surface area contributed by atoms with Crippen LogP contribution >= 0.6 is 0 Å². The first-order valence-corrected chi connectivity index (χ1v) is 5.93. The molecule has 0 amide bonds. The third-order valence-corrected chi connectivity index (χ3v) is 3.32. The van der Waals surface area contributed by atoms with Crippen molar-refractivity contribution in [3.8, 4) is 5.75 Å². The number of rotatable bonds is 2. The van der Waals surface area contributed by atoms with E-state index in [0.29, 0.717) is 0 Å². The van der Waals surface area contributed by atoms with Crippen LogP contribution in [-0.2, 0) is 6.54 Å². The minimum Gasteiger partial charge on any atom is -0.486 e. The molecule has 2 heterocycles. The summed E-state index contributed by atoms with van der Waals surface area (Å²) < 4.78 is 33.9. The highest BCUT2D eigenvalue weighted by atomic mass is 19.2. The first kappa shape index (κ1) is 13.9. The van der Waals surface area contributed by atoms with Gasteiger partial charge in [0.1, 0.15) is 23.1 Å². The molecule has 1 aliphatic rings. The van der Waals surface area contributed by atoms with Crippen molar-refractivity contribution < 1.29 is 28.3 Å². The zero-order valence-corrected chi connectivity index (χ0v) is 10.6. The van der Waals surface area contributed by atoms with Gasteiger partial charge in [-0.3, -0.25) is 14.9 Å². The molecular weight excluding hydrogens is 306 g/mol. The summed E-state index contributed by atoms with van der Waals surface area (Å²) in [7, 11) is 0. The first-order valence-electron chi connectivity index (χ1n) is 5.93. The van der Waals surface area contributed by atoms with Gasteiger partial charge in [-0.25, -0.2) is 4.79 Å². The maximum atomic E-state index is 13.9. The van der Waals surface area contributed by atoms with Gasteiger partial charge in [0.05, 0.1) is 11.5 Å². The second kappa shape index (κ2) is 4.48. The van der Waals surface area contributed by atoms with Crippen molar-refractivity contribution in [3.05, 3.63) is 43.7 Å². The summed E-state index contributed by atoms with van der Waals surface area (Å²) >= 11 is 0. The van der Waals surface area contributed by atoms with Crippen molar-refractivity contribution in [2.45, 2.75) is 6.54 Å². The number of carbonyl (C=O) groups is 1. The second-order valence-electron chi connectivity index (χ2n) is 4.51. The van der Waals surface area contributed by atoms with E-state index in [0.717, 1.165) is 10.8 Å². The molecule has 1 N–H and O–H groups in total. The van der Waals surface area contributed by atoms with Crippen LogP contribution < -0.4 is 10.2 Å². The molecule has 0 radical (unpaired) electrons. The highest BCUT2D eigenvalue weighted by Crippen LogP contribution is 2.38. The van der Waals surface area contributed by atoms with Gasteiger partial charge in [0, 0.05) is 6.20 Å². The predicted octanol–water partition coefficient (Wildman–Crippen LogP) is 1.28. The molecule has 2 aromatic rings. The van der Waals surface area contributed by atoms with Gasteiger partial charge in [0.25, 0.3) is 0 Å². The summed E-state index contributed by atoms with van der Waals surface area (Å²) in [6.07, 6.45) is 0.931. The molecule has 3 rings (SSSR count). The molecule has 10 heteroatoms. The number of aromatic carboxylic acids is 1. The number of hydrogen-bond donors (Lipinski definition) is 1. The Morgan fingerprint density at radius 1 is 1.41 bits per heavy atom. The van der Waals surface area contributed by atoms with Crippen molar-refractivity contribution in [1.82, 2.24) is 4.57 Å². The van der Waals surface area contributed by atoms with Crippen LogP contribution in [0.3, 0.4) is 0 Å². The number of ether oxygens (including phenoxy) is 1. The Hall–Kier alpha value is -3.04. The molecule has 114 valence electrons.